The number of Topliss-reactive ketones (excluding diaryl/α,β-unsaturated/α-hetero) is 1. The molecule has 1 atom stereocenters. The van der Waals surface area contributed by atoms with Crippen molar-refractivity contribution >= 4 is 17.8 Å². The molecule has 2 aromatic carbocycles. The Morgan fingerprint density at radius 1 is 1.06 bits per heavy atom. The summed E-state index contributed by atoms with van der Waals surface area (Å²) in [5.41, 5.74) is 2.24. The van der Waals surface area contributed by atoms with Crippen molar-refractivity contribution in [2.24, 2.45) is 0 Å². The molecule has 1 N–H and O–H groups in total. The Morgan fingerprint density at radius 3 is 2.32 bits per heavy atom. The van der Waals surface area contributed by atoms with Crippen LogP contribution in [0.5, 0.6) is 5.75 Å². The number of carbonyl (C=O) groups excluding carboxylic acids is 3. The maximum atomic E-state index is 13.0. The number of amides is 2. The molecule has 1 saturated carbocycles. The maximum absolute atomic E-state index is 13.0. The summed E-state index contributed by atoms with van der Waals surface area (Å²) in [5.74, 6) is 0.00142. The maximum Gasteiger partial charge on any atom is 0.338 e. The fourth-order valence-electron chi connectivity index (χ4n) is 3.73. The fourth-order valence-corrected chi connectivity index (χ4v) is 3.73. The van der Waals surface area contributed by atoms with E-state index in [0.717, 1.165) is 18.4 Å². The van der Waals surface area contributed by atoms with E-state index in [4.69, 9.17) is 9.47 Å². The van der Waals surface area contributed by atoms with Gasteiger partial charge in [-0.25, -0.2) is 9.59 Å². The van der Waals surface area contributed by atoms with Crippen LogP contribution >= 0.6 is 0 Å². The molecule has 1 heterocycles. The van der Waals surface area contributed by atoms with Crippen LogP contribution in [0.25, 0.3) is 0 Å². The lowest BCUT2D eigenvalue weighted by atomic mass is 9.94. The number of rotatable bonds is 7. The van der Waals surface area contributed by atoms with Gasteiger partial charge in [0.05, 0.1) is 24.4 Å². The molecule has 0 saturated heterocycles. The first-order valence-electron chi connectivity index (χ1n) is 10.2. The Morgan fingerprint density at radius 2 is 1.74 bits per heavy atom. The number of nitrogens with zero attached hydrogens (tertiary/aromatic N) is 1. The number of carbonyl (C=O) groups is 3. The Hall–Kier alpha value is -3.61. The van der Waals surface area contributed by atoms with E-state index in [1.807, 2.05) is 30.3 Å². The summed E-state index contributed by atoms with van der Waals surface area (Å²) in [7, 11) is 1.33. The second-order valence-corrected chi connectivity index (χ2v) is 7.62. The Labute approximate surface area is 180 Å². The van der Waals surface area contributed by atoms with Gasteiger partial charge in [-0.3, -0.25) is 9.69 Å². The van der Waals surface area contributed by atoms with Gasteiger partial charge in [0, 0.05) is 11.6 Å². The molecular weight excluding hydrogens is 396 g/mol. The molecule has 7 nitrogen and oxygen atoms in total. The highest BCUT2D eigenvalue weighted by molar-refractivity contribution is 5.95. The van der Waals surface area contributed by atoms with E-state index in [0.29, 0.717) is 22.6 Å². The number of ether oxygens (including phenoxy) is 2. The molecule has 4 rings (SSSR count). The number of esters is 1. The van der Waals surface area contributed by atoms with E-state index in [1.54, 1.807) is 29.2 Å². The van der Waals surface area contributed by atoms with Crippen LogP contribution in [-0.4, -0.2) is 42.4 Å². The van der Waals surface area contributed by atoms with E-state index in [9.17, 15) is 14.4 Å². The topological polar surface area (TPSA) is 84.9 Å². The Balaban J connectivity index is 1.71. The standard InChI is InChI=1S/C24H24N2O5/c1-15(27)16-8-12-19(13-9-16)31-14-20-21(23(28)30-2)22(17-6-4-3-5-7-17)25-24(29)26(20)18-10-11-18/h3-9,12-13,18,22H,10-11,14H2,1-2H3,(H,25,29)/t22-/m1/s1. The number of benzene rings is 2. The number of methoxy groups -OCH3 is 1. The minimum atomic E-state index is -0.630. The van der Waals surface area contributed by atoms with Crippen molar-refractivity contribution < 1.29 is 23.9 Å². The van der Waals surface area contributed by atoms with Crippen LogP contribution in [0.4, 0.5) is 4.79 Å². The van der Waals surface area contributed by atoms with Gasteiger partial charge >= 0.3 is 12.0 Å². The molecule has 0 radical (unpaired) electrons. The summed E-state index contributed by atoms with van der Waals surface area (Å²) >= 11 is 0. The zero-order chi connectivity index (χ0) is 22.0. The highest BCUT2D eigenvalue weighted by Gasteiger charge is 2.44. The van der Waals surface area contributed by atoms with Crippen molar-refractivity contribution in [3.05, 3.63) is 77.0 Å². The van der Waals surface area contributed by atoms with Crippen LogP contribution < -0.4 is 10.1 Å². The third-order valence-corrected chi connectivity index (χ3v) is 5.46. The lowest BCUT2D eigenvalue weighted by Crippen LogP contribution is -2.50. The molecule has 2 aromatic rings. The first kappa shape index (κ1) is 20.7. The van der Waals surface area contributed by atoms with E-state index in [1.165, 1.54) is 14.0 Å². The normalized spacial score (nSPS) is 18.5. The fraction of sp³-hybridized carbons (Fsp3) is 0.292. The summed E-state index contributed by atoms with van der Waals surface area (Å²) in [5, 5.41) is 2.95. The quantitative estimate of drug-likeness (QED) is 0.546. The second-order valence-electron chi connectivity index (χ2n) is 7.62. The highest BCUT2D eigenvalue weighted by Crippen LogP contribution is 2.38. The molecule has 0 unspecified atom stereocenters. The first-order chi connectivity index (χ1) is 15.0. The summed E-state index contributed by atoms with van der Waals surface area (Å²) in [6.07, 6.45) is 1.74. The van der Waals surface area contributed by atoms with E-state index in [2.05, 4.69) is 5.32 Å². The Bertz CT molecular complexity index is 1030. The smallest absolute Gasteiger partial charge is 0.338 e. The van der Waals surface area contributed by atoms with Crippen molar-refractivity contribution in [3.8, 4) is 5.75 Å². The third-order valence-electron chi connectivity index (χ3n) is 5.46. The average molecular weight is 420 g/mol. The van der Waals surface area contributed by atoms with Gasteiger partial charge in [-0.15, -0.1) is 0 Å². The van der Waals surface area contributed by atoms with E-state index < -0.39 is 12.0 Å². The number of ketones is 1. The SMILES string of the molecule is COC(=O)C1=C(COc2ccc(C(C)=O)cc2)N(C2CC2)C(=O)N[C@@H]1c1ccccc1. The van der Waals surface area contributed by atoms with Gasteiger partial charge in [0.25, 0.3) is 0 Å². The molecule has 160 valence electrons. The van der Waals surface area contributed by atoms with Crippen molar-refractivity contribution in [3.63, 3.8) is 0 Å². The number of hydrogen-bond acceptors (Lipinski definition) is 5. The monoisotopic (exact) mass is 420 g/mol. The molecule has 2 amide bonds. The van der Waals surface area contributed by atoms with Gasteiger partial charge in [-0.1, -0.05) is 30.3 Å². The summed E-state index contributed by atoms with van der Waals surface area (Å²) in [6.45, 7) is 1.53. The van der Waals surface area contributed by atoms with Crippen molar-refractivity contribution in [1.29, 1.82) is 0 Å². The van der Waals surface area contributed by atoms with Crippen molar-refractivity contribution in [1.82, 2.24) is 10.2 Å². The predicted octanol–water partition coefficient (Wildman–Crippen LogP) is 3.62. The van der Waals surface area contributed by atoms with E-state index in [-0.39, 0.29) is 24.5 Å². The minimum absolute atomic E-state index is 0.0249. The van der Waals surface area contributed by atoms with Gasteiger partial charge < -0.3 is 14.8 Å². The number of hydrogen-bond donors (Lipinski definition) is 1. The van der Waals surface area contributed by atoms with Crippen molar-refractivity contribution in [2.45, 2.75) is 31.8 Å². The molecule has 7 heteroatoms. The summed E-state index contributed by atoms with van der Waals surface area (Å²) in [4.78, 5) is 38.9. The van der Waals surface area contributed by atoms with Gasteiger partial charge in [0.2, 0.25) is 0 Å². The first-order valence-corrected chi connectivity index (χ1v) is 10.2. The van der Waals surface area contributed by atoms with Crippen molar-refractivity contribution in [2.75, 3.05) is 13.7 Å². The van der Waals surface area contributed by atoms with Gasteiger partial charge in [-0.2, -0.15) is 0 Å². The molecule has 1 aliphatic heterocycles. The molecule has 0 aromatic heterocycles. The van der Waals surface area contributed by atoms with Crippen LogP contribution in [-0.2, 0) is 9.53 Å². The predicted molar refractivity (Wildman–Crippen MR) is 114 cm³/mol. The molecule has 2 aliphatic rings. The van der Waals surface area contributed by atoms with Gasteiger partial charge in [-0.05, 0) is 49.6 Å². The lowest BCUT2D eigenvalue weighted by Gasteiger charge is -2.36. The molecule has 1 aliphatic carbocycles. The average Bonchev–Trinajstić information content (AvgIpc) is 3.62. The molecular formula is C24H24N2O5. The molecule has 31 heavy (non-hydrogen) atoms. The highest BCUT2D eigenvalue weighted by atomic mass is 16.5. The Kier molecular flexibility index (Phi) is 5.75. The molecule has 0 bridgehead atoms. The molecule has 0 spiro atoms. The third kappa shape index (κ3) is 4.30. The minimum Gasteiger partial charge on any atom is -0.487 e. The van der Waals surface area contributed by atoms with Gasteiger partial charge in [0.15, 0.2) is 5.78 Å². The van der Waals surface area contributed by atoms with Crippen LogP contribution in [0, 0.1) is 0 Å². The van der Waals surface area contributed by atoms with Gasteiger partial charge in [0.1, 0.15) is 12.4 Å². The number of nitrogens with one attached hydrogen (secondary N) is 1. The van der Waals surface area contributed by atoms with Crippen LogP contribution in [0.1, 0.15) is 41.7 Å². The van der Waals surface area contributed by atoms with Crippen LogP contribution in [0.2, 0.25) is 0 Å². The van der Waals surface area contributed by atoms with E-state index >= 15 is 0 Å². The summed E-state index contributed by atoms with van der Waals surface area (Å²) < 4.78 is 11.0. The largest absolute Gasteiger partial charge is 0.487 e. The van der Waals surface area contributed by atoms with Crippen LogP contribution in [0.3, 0.4) is 0 Å². The van der Waals surface area contributed by atoms with Crippen LogP contribution in [0.15, 0.2) is 65.9 Å². The lowest BCUT2D eigenvalue weighted by molar-refractivity contribution is -0.136. The zero-order valence-electron chi connectivity index (χ0n) is 17.5. The zero-order valence-corrected chi connectivity index (χ0v) is 17.5. The number of urea groups is 1. The second kappa shape index (κ2) is 8.63. The summed E-state index contributed by atoms with van der Waals surface area (Å²) in [6, 6.07) is 15.2. The molecule has 1 fully saturated rings.